The minimum Gasteiger partial charge on any atom is -0.306 e. The van der Waals surface area contributed by atoms with Crippen molar-refractivity contribution < 1.29 is 18.0 Å². The average molecular weight is 258 g/mol. The van der Waals surface area contributed by atoms with Crippen LogP contribution in [0, 0.1) is 0 Å². The first-order valence-corrected chi connectivity index (χ1v) is 4.94. The molecule has 0 atom stereocenters. The largest absolute Gasteiger partial charge is 0.417 e. The van der Waals surface area contributed by atoms with Crippen LogP contribution < -0.4 is 11.3 Å². The summed E-state index contributed by atoms with van der Waals surface area (Å²) in [5.41, 5.74) is 1.83. The van der Waals surface area contributed by atoms with Crippen molar-refractivity contribution in [2.45, 2.75) is 12.6 Å². The van der Waals surface area contributed by atoms with Gasteiger partial charge in [0, 0.05) is 12.4 Å². The van der Waals surface area contributed by atoms with Crippen LogP contribution in [0.2, 0.25) is 0 Å². The fourth-order valence-electron chi connectivity index (χ4n) is 1.51. The molecule has 0 aliphatic heterocycles. The highest BCUT2D eigenvalue weighted by Crippen LogP contribution is 2.29. The van der Waals surface area contributed by atoms with E-state index in [1.54, 1.807) is 0 Å². The molecule has 1 amide bonds. The van der Waals surface area contributed by atoms with Gasteiger partial charge in [0.2, 0.25) is 5.91 Å². The number of hydrazine groups is 1. The monoisotopic (exact) mass is 258 g/mol. The van der Waals surface area contributed by atoms with Crippen molar-refractivity contribution in [2.75, 3.05) is 0 Å². The van der Waals surface area contributed by atoms with E-state index in [0.29, 0.717) is 11.3 Å². The van der Waals surface area contributed by atoms with Crippen molar-refractivity contribution in [3.8, 4) is 0 Å². The molecule has 0 aliphatic rings. The van der Waals surface area contributed by atoms with Crippen LogP contribution in [0.15, 0.2) is 24.5 Å². The molecular weight excluding hydrogens is 249 g/mol. The number of imidazole rings is 1. The lowest BCUT2D eigenvalue weighted by Gasteiger charge is -2.05. The van der Waals surface area contributed by atoms with Crippen molar-refractivity contribution in [2.24, 2.45) is 5.84 Å². The van der Waals surface area contributed by atoms with Crippen LogP contribution in [0.3, 0.4) is 0 Å². The number of rotatable bonds is 2. The van der Waals surface area contributed by atoms with Crippen LogP contribution in [0.4, 0.5) is 13.2 Å². The van der Waals surface area contributed by atoms with E-state index in [1.807, 2.05) is 5.43 Å². The Morgan fingerprint density at radius 2 is 2.11 bits per heavy atom. The van der Waals surface area contributed by atoms with Gasteiger partial charge in [0.15, 0.2) is 0 Å². The number of aromatic nitrogens is 2. The topological polar surface area (TPSA) is 72.4 Å². The molecule has 3 N–H and O–H groups in total. The first kappa shape index (κ1) is 12.4. The van der Waals surface area contributed by atoms with Crippen LogP contribution in [0.25, 0.3) is 5.65 Å². The standard InChI is InChI=1S/C10H9F3N4O/c11-10(12,13)6-1-2-8-15-7(3-9(18)16-14)5-17(8)4-6/h1-2,4-5H,3,14H2,(H,16,18). The number of fused-ring (bicyclic) bond motifs is 1. The third-order valence-corrected chi connectivity index (χ3v) is 2.33. The molecule has 5 nitrogen and oxygen atoms in total. The summed E-state index contributed by atoms with van der Waals surface area (Å²) in [4.78, 5) is 15.0. The van der Waals surface area contributed by atoms with E-state index in [1.165, 1.54) is 16.7 Å². The smallest absolute Gasteiger partial charge is 0.306 e. The van der Waals surface area contributed by atoms with Gasteiger partial charge in [0.05, 0.1) is 17.7 Å². The summed E-state index contributed by atoms with van der Waals surface area (Å²) >= 11 is 0. The molecule has 0 saturated carbocycles. The lowest BCUT2D eigenvalue weighted by Crippen LogP contribution is -2.31. The molecule has 0 unspecified atom stereocenters. The predicted molar refractivity (Wildman–Crippen MR) is 56.2 cm³/mol. The molecule has 2 heterocycles. The lowest BCUT2D eigenvalue weighted by atomic mass is 10.3. The highest BCUT2D eigenvalue weighted by atomic mass is 19.4. The Labute approximate surface area is 99.4 Å². The van der Waals surface area contributed by atoms with Gasteiger partial charge in [-0.3, -0.25) is 10.2 Å². The Bertz CT molecular complexity index is 590. The van der Waals surface area contributed by atoms with Gasteiger partial charge < -0.3 is 4.40 Å². The number of nitrogens with one attached hydrogen (secondary N) is 1. The first-order chi connectivity index (χ1) is 8.40. The molecule has 0 bridgehead atoms. The summed E-state index contributed by atoms with van der Waals surface area (Å²) in [6, 6.07) is 2.18. The van der Waals surface area contributed by atoms with Crippen LogP contribution in [0.1, 0.15) is 11.3 Å². The Balaban J connectivity index is 2.37. The van der Waals surface area contributed by atoms with Crippen LogP contribution in [0.5, 0.6) is 0 Å². The van der Waals surface area contributed by atoms with Crippen molar-refractivity contribution in [1.82, 2.24) is 14.8 Å². The fourth-order valence-corrected chi connectivity index (χ4v) is 1.51. The van der Waals surface area contributed by atoms with E-state index < -0.39 is 17.6 Å². The third-order valence-electron chi connectivity index (χ3n) is 2.33. The number of carbonyl (C=O) groups is 1. The van der Waals surface area contributed by atoms with Gasteiger partial charge in [-0.1, -0.05) is 0 Å². The fraction of sp³-hybridized carbons (Fsp3) is 0.200. The molecule has 2 aromatic rings. The molecule has 0 fully saturated rings. The van der Waals surface area contributed by atoms with Gasteiger partial charge in [0.25, 0.3) is 0 Å². The van der Waals surface area contributed by atoms with Gasteiger partial charge in [-0.05, 0) is 12.1 Å². The zero-order valence-corrected chi connectivity index (χ0v) is 9.03. The van der Waals surface area contributed by atoms with E-state index in [2.05, 4.69) is 4.98 Å². The minimum atomic E-state index is -4.41. The molecule has 0 aliphatic carbocycles. The molecular formula is C10H9F3N4O. The quantitative estimate of drug-likeness (QED) is 0.477. The normalized spacial score (nSPS) is 11.8. The molecule has 2 rings (SSSR count). The number of halogens is 3. The summed E-state index contributed by atoms with van der Waals surface area (Å²) < 4.78 is 38.6. The summed E-state index contributed by atoms with van der Waals surface area (Å²) in [7, 11) is 0. The van der Waals surface area contributed by atoms with Gasteiger partial charge in [-0.15, -0.1) is 0 Å². The van der Waals surface area contributed by atoms with E-state index in [4.69, 9.17) is 5.84 Å². The molecule has 96 valence electrons. The summed E-state index contributed by atoms with van der Waals surface area (Å²) in [5.74, 6) is 4.45. The zero-order valence-electron chi connectivity index (χ0n) is 9.03. The van der Waals surface area contributed by atoms with E-state index in [9.17, 15) is 18.0 Å². The number of nitrogens with two attached hydrogens (primary N) is 1. The maximum atomic E-state index is 12.5. The van der Waals surface area contributed by atoms with Gasteiger partial charge in [0.1, 0.15) is 5.65 Å². The molecule has 18 heavy (non-hydrogen) atoms. The molecule has 8 heteroatoms. The predicted octanol–water partition coefficient (Wildman–Crippen LogP) is 0.886. The number of hydrogen-bond acceptors (Lipinski definition) is 3. The van der Waals surface area contributed by atoms with Crippen LogP contribution in [-0.4, -0.2) is 15.3 Å². The third kappa shape index (κ3) is 2.43. The maximum Gasteiger partial charge on any atom is 0.417 e. The highest BCUT2D eigenvalue weighted by Gasteiger charge is 2.30. The first-order valence-electron chi connectivity index (χ1n) is 4.94. The van der Waals surface area contributed by atoms with Crippen molar-refractivity contribution in [1.29, 1.82) is 0 Å². The maximum absolute atomic E-state index is 12.5. The van der Waals surface area contributed by atoms with E-state index >= 15 is 0 Å². The number of nitrogens with zero attached hydrogens (tertiary/aromatic N) is 2. The molecule has 0 radical (unpaired) electrons. The van der Waals surface area contributed by atoms with Gasteiger partial charge >= 0.3 is 6.18 Å². The lowest BCUT2D eigenvalue weighted by molar-refractivity contribution is -0.137. The van der Waals surface area contributed by atoms with Gasteiger partial charge in [-0.25, -0.2) is 10.8 Å². The number of hydrogen-bond donors (Lipinski definition) is 2. The SMILES string of the molecule is NNC(=O)Cc1cn2cc(C(F)(F)F)ccc2n1. The average Bonchev–Trinajstić information content (AvgIpc) is 2.68. The van der Waals surface area contributed by atoms with Crippen LogP contribution in [-0.2, 0) is 17.4 Å². The Morgan fingerprint density at radius 3 is 2.72 bits per heavy atom. The Hall–Kier alpha value is -2.09. The number of alkyl halides is 3. The summed E-state index contributed by atoms with van der Waals surface area (Å²) in [5, 5.41) is 0. The summed E-state index contributed by atoms with van der Waals surface area (Å²) in [6.45, 7) is 0. The van der Waals surface area contributed by atoms with E-state index in [-0.39, 0.29) is 6.42 Å². The number of amides is 1. The molecule has 0 aromatic carbocycles. The Kier molecular flexibility index (Phi) is 2.95. The highest BCUT2D eigenvalue weighted by molar-refractivity contribution is 5.77. The number of carbonyl (C=O) groups excluding carboxylic acids is 1. The van der Waals surface area contributed by atoms with E-state index in [0.717, 1.165) is 12.3 Å². The summed E-state index contributed by atoms with van der Waals surface area (Å²) in [6.07, 6.45) is -2.21. The van der Waals surface area contributed by atoms with Gasteiger partial charge in [-0.2, -0.15) is 13.2 Å². The Morgan fingerprint density at radius 1 is 1.39 bits per heavy atom. The van der Waals surface area contributed by atoms with Crippen molar-refractivity contribution in [3.63, 3.8) is 0 Å². The molecule has 2 aromatic heterocycles. The van der Waals surface area contributed by atoms with Crippen molar-refractivity contribution >= 4 is 11.6 Å². The molecule has 0 spiro atoms. The molecule has 0 saturated heterocycles. The van der Waals surface area contributed by atoms with Crippen LogP contribution >= 0.6 is 0 Å². The minimum absolute atomic E-state index is 0.0838. The second kappa shape index (κ2) is 4.30. The number of pyridine rings is 1. The second-order valence-electron chi connectivity index (χ2n) is 3.66. The zero-order chi connectivity index (χ0) is 13.3. The van der Waals surface area contributed by atoms with Crippen molar-refractivity contribution in [3.05, 3.63) is 35.8 Å². The second-order valence-corrected chi connectivity index (χ2v) is 3.66.